The summed E-state index contributed by atoms with van der Waals surface area (Å²) in [7, 11) is 0. The van der Waals surface area contributed by atoms with Gasteiger partial charge in [0.25, 0.3) is 0 Å². The van der Waals surface area contributed by atoms with E-state index in [0.717, 1.165) is 29.7 Å². The Kier molecular flexibility index (Phi) is 2.95. The van der Waals surface area contributed by atoms with E-state index in [9.17, 15) is 0 Å². The summed E-state index contributed by atoms with van der Waals surface area (Å²) in [5, 5.41) is 0. The largest absolute Gasteiger partial charge is 0.399 e. The first-order chi connectivity index (χ1) is 7.66. The average molecular weight is 211 g/mol. The molecule has 0 aliphatic heterocycles. The lowest BCUT2D eigenvalue weighted by atomic mass is 9.91. The van der Waals surface area contributed by atoms with Gasteiger partial charge in [0.15, 0.2) is 0 Å². The molecule has 0 fully saturated rings. The molecule has 1 aromatic carbocycles. The minimum Gasteiger partial charge on any atom is -0.399 e. The molecule has 0 unspecified atom stereocenters. The van der Waals surface area contributed by atoms with Crippen LogP contribution in [-0.4, -0.2) is 0 Å². The number of hydrogen-bond acceptors (Lipinski definition) is 1. The third-order valence-corrected chi connectivity index (χ3v) is 3.00. The Labute approximate surface area is 97.0 Å². The molecular formula is C15H17N. The van der Waals surface area contributed by atoms with Crippen LogP contribution in [0.1, 0.15) is 25.3 Å². The molecule has 82 valence electrons. The number of nitrogens with two attached hydrogens (primary N) is 1. The van der Waals surface area contributed by atoms with Crippen molar-refractivity contribution >= 4 is 11.3 Å². The maximum atomic E-state index is 5.67. The summed E-state index contributed by atoms with van der Waals surface area (Å²) >= 11 is 0. The van der Waals surface area contributed by atoms with Crippen LogP contribution in [0.5, 0.6) is 0 Å². The standard InChI is InChI=1S/C15H17N/c1-11-3-5-13(6-4-11)12(2)14-7-9-15(16)10-8-14/h3,5,7-10H,2,4,6,16H2,1H3. The van der Waals surface area contributed by atoms with E-state index >= 15 is 0 Å². The number of allylic oxidation sites excluding steroid dienone is 5. The second-order valence-corrected chi connectivity index (χ2v) is 4.31. The third-order valence-electron chi connectivity index (χ3n) is 3.00. The number of benzene rings is 1. The fourth-order valence-electron chi connectivity index (χ4n) is 1.86. The van der Waals surface area contributed by atoms with Gasteiger partial charge in [-0.2, -0.15) is 0 Å². The van der Waals surface area contributed by atoms with Crippen molar-refractivity contribution in [3.05, 3.63) is 59.7 Å². The minimum absolute atomic E-state index is 0.796. The zero-order valence-electron chi connectivity index (χ0n) is 9.66. The summed E-state index contributed by atoms with van der Waals surface area (Å²) in [4.78, 5) is 0. The summed E-state index contributed by atoms with van der Waals surface area (Å²) in [6, 6.07) is 7.91. The molecule has 0 amide bonds. The van der Waals surface area contributed by atoms with E-state index < -0.39 is 0 Å². The predicted molar refractivity (Wildman–Crippen MR) is 71.0 cm³/mol. The highest BCUT2D eigenvalue weighted by Crippen LogP contribution is 2.29. The van der Waals surface area contributed by atoms with Crippen LogP contribution < -0.4 is 5.73 Å². The highest BCUT2D eigenvalue weighted by atomic mass is 14.5. The van der Waals surface area contributed by atoms with Crippen molar-refractivity contribution in [2.75, 3.05) is 5.73 Å². The molecule has 1 aliphatic carbocycles. The Morgan fingerprint density at radius 3 is 2.38 bits per heavy atom. The smallest absolute Gasteiger partial charge is 0.0314 e. The highest BCUT2D eigenvalue weighted by Gasteiger charge is 2.08. The fraction of sp³-hybridized carbons (Fsp3) is 0.200. The molecule has 1 aromatic rings. The predicted octanol–water partition coefficient (Wildman–Crippen LogP) is 3.95. The Bertz CT molecular complexity index is 461. The molecule has 1 nitrogen and oxygen atoms in total. The Balaban J connectivity index is 2.23. The fourth-order valence-corrected chi connectivity index (χ4v) is 1.86. The topological polar surface area (TPSA) is 26.0 Å². The van der Waals surface area contributed by atoms with Gasteiger partial charge < -0.3 is 5.73 Å². The Hall–Kier alpha value is -1.76. The molecular weight excluding hydrogens is 194 g/mol. The van der Waals surface area contributed by atoms with Crippen molar-refractivity contribution in [2.24, 2.45) is 0 Å². The van der Waals surface area contributed by atoms with Gasteiger partial charge in [-0.05, 0) is 48.6 Å². The van der Waals surface area contributed by atoms with Crippen LogP contribution in [0.4, 0.5) is 5.69 Å². The molecule has 1 aliphatic rings. The van der Waals surface area contributed by atoms with Crippen molar-refractivity contribution < 1.29 is 0 Å². The van der Waals surface area contributed by atoms with E-state index in [-0.39, 0.29) is 0 Å². The first-order valence-corrected chi connectivity index (χ1v) is 5.58. The highest BCUT2D eigenvalue weighted by molar-refractivity contribution is 5.78. The third kappa shape index (κ3) is 2.25. The lowest BCUT2D eigenvalue weighted by molar-refractivity contribution is 0.932. The first kappa shape index (κ1) is 10.7. The first-order valence-electron chi connectivity index (χ1n) is 5.58. The number of anilines is 1. The summed E-state index contributed by atoms with van der Waals surface area (Å²) in [6.45, 7) is 6.33. The van der Waals surface area contributed by atoms with Gasteiger partial charge in [-0.3, -0.25) is 0 Å². The minimum atomic E-state index is 0.796. The zero-order chi connectivity index (χ0) is 11.5. The molecule has 0 bridgehead atoms. The van der Waals surface area contributed by atoms with Crippen molar-refractivity contribution in [2.45, 2.75) is 19.8 Å². The SMILES string of the molecule is C=C(C1=CC=C(C)CC1)c1ccc(N)cc1. The molecule has 0 spiro atoms. The van der Waals surface area contributed by atoms with Crippen molar-refractivity contribution in [1.29, 1.82) is 0 Å². The van der Waals surface area contributed by atoms with Crippen LogP contribution in [0.2, 0.25) is 0 Å². The zero-order valence-corrected chi connectivity index (χ0v) is 9.66. The van der Waals surface area contributed by atoms with Gasteiger partial charge >= 0.3 is 0 Å². The van der Waals surface area contributed by atoms with Crippen molar-refractivity contribution in [3.63, 3.8) is 0 Å². The Morgan fingerprint density at radius 2 is 1.81 bits per heavy atom. The van der Waals surface area contributed by atoms with E-state index in [4.69, 9.17) is 5.73 Å². The van der Waals surface area contributed by atoms with Gasteiger partial charge in [0.05, 0.1) is 0 Å². The number of hydrogen-bond donors (Lipinski definition) is 1. The molecule has 0 radical (unpaired) electrons. The van der Waals surface area contributed by atoms with Crippen molar-refractivity contribution in [3.8, 4) is 0 Å². The van der Waals surface area contributed by atoms with E-state index in [0.29, 0.717) is 0 Å². The van der Waals surface area contributed by atoms with Gasteiger partial charge in [-0.1, -0.05) is 36.4 Å². The van der Waals surface area contributed by atoms with Crippen LogP contribution in [0.15, 0.2) is 54.1 Å². The summed E-state index contributed by atoms with van der Waals surface area (Å²) in [5.41, 5.74) is 11.5. The average Bonchev–Trinajstić information content (AvgIpc) is 2.30. The van der Waals surface area contributed by atoms with Crippen molar-refractivity contribution in [1.82, 2.24) is 0 Å². The lowest BCUT2D eigenvalue weighted by Gasteiger charge is -2.14. The van der Waals surface area contributed by atoms with E-state index in [1.165, 1.54) is 11.1 Å². The van der Waals surface area contributed by atoms with Gasteiger partial charge in [0, 0.05) is 5.69 Å². The quantitative estimate of drug-likeness (QED) is 0.736. The molecule has 0 aromatic heterocycles. The Morgan fingerprint density at radius 1 is 1.12 bits per heavy atom. The maximum absolute atomic E-state index is 5.67. The van der Waals surface area contributed by atoms with Gasteiger partial charge in [-0.15, -0.1) is 0 Å². The molecule has 2 rings (SSSR count). The van der Waals surface area contributed by atoms with Crippen LogP contribution >= 0.6 is 0 Å². The molecule has 16 heavy (non-hydrogen) atoms. The normalized spacial score (nSPS) is 15.3. The van der Waals surface area contributed by atoms with Crippen LogP contribution in [0.3, 0.4) is 0 Å². The molecule has 0 atom stereocenters. The molecule has 0 saturated heterocycles. The monoisotopic (exact) mass is 211 g/mol. The second-order valence-electron chi connectivity index (χ2n) is 4.31. The van der Waals surface area contributed by atoms with E-state index in [1.54, 1.807) is 0 Å². The van der Waals surface area contributed by atoms with Gasteiger partial charge in [-0.25, -0.2) is 0 Å². The maximum Gasteiger partial charge on any atom is 0.0314 e. The lowest BCUT2D eigenvalue weighted by Crippen LogP contribution is -1.94. The molecule has 0 saturated carbocycles. The number of rotatable bonds is 2. The summed E-state index contributed by atoms with van der Waals surface area (Å²) < 4.78 is 0. The van der Waals surface area contributed by atoms with Crippen LogP contribution in [0, 0.1) is 0 Å². The molecule has 2 N–H and O–H groups in total. The summed E-state index contributed by atoms with van der Waals surface area (Å²) in [6.07, 6.45) is 6.59. The van der Waals surface area contributed by atoms with Crippen LogP contribution in [0.25, 0.3) is 5.57 Å². The van der Waals surface area contributed by atoms with E-state index in [1.807, 2.05) is 24.3 Å². The molecule has 0 heterocycles. The van der Waals surface area contributed by atoms with Crippen LogP contribution in [-0.2, 0) is 0 Å². The summed E-state index contributed by atoms with van der Waals surface area (Å²) in [5.74, 6) is 0. The van der Waals surface area contributed by atoms with Gasteiger partial charge in [0.2, 0.25) is 0 Å². The number of nitrogen functional groups attached to an aromatic ring is 1. The van der Waals surface area contributed by atoms with E-state index in [2.05, 4.69) is 25.7 Å². The second kappa shape index (κ2) is 4.40. The molecule has 1 heteroatoms. The van der Waals surface area contributed by atoms with Gasteiger partial charge in [0.1, 0.15) is 0 Å².